The summed E-state index contributed by atoms with van der Waals surface area (Å²) in [4.78, 5) is 3.98. The molecule has 0 fully saturated rings. The van der Waals surface area contributed by atoms with Gasteiger partial charge in [0.1, 0.15) is 5.75 Å². The lowest BCUT2D eigenvalue weighted by Crippen LogP contribution is -1.83. The Hall–Kier alpha value is 0.380. The van der Waals surface area contributed by atoms with Crippen LogP contribution in [0.25, 0.3) is 0 Å². The van der Waals surface area contributed by atoms with Crippen LogP contribution in [0.3, 0.4) is 0 Å². The highest BCUT2D eigenvalue weighted by Gasteiger charge is 2.29. The quantitative estimate of drug-likeness (QED) is 0.749. The zero-order chi connectivity index (χ0) is 9.71. The highest BCUT2D eigenvalue weighted by atomic mass is 32.2. The summed E-state index contributed by atoms with van der Waals surface area (Å²) in [6.45, 7) is 0. The summed E-state index contributed by atoms with van der Waals surface area (Å²) in [6.07, 6.45) is 0. The molecule has 2 heterocycles. The van der Waals surface area contributed by atoms with Gasteiger partial charge in [-0.1, -0.05) is 23.5 Å². The Kier molecular flexibility index (Phi) is 2.36. The molecular formula is C8H6O2S4. The molecule has 0 saturated heterocycles. The van der Waals surface area contributed by atoms with Gasteiger partial charge in [0.25, 0.3) is 0 Å². The first-order chi connectivity index (χ1) is 6.75. The molecule has 1 aromatic rings. The Morgan fingerprint density at radius 1 is 1.14 bits per heavy atom. The third-order valence-electron chi connectivity index (χ3n) is 2.00. The minimum Gasteiger partial charge on any atom is -0.506 e. The predicted octanol–water partition coefficient (Wildman–Crippen LogP) is 3.02. The van der Waals surface area contributed by atoms with Crippen LogP contribution in [-0.2, 0) is 0 Å². The van der Waals surface area contributed by atoms with E-state index in [1.165, 1.54) is 23.5 Å². The van der Waals surface area contributed by atoms with Crippen LogP contribution in [0, 0.1) is 0 Å². The normalized spacial score (nSPS) is 23.6. The molecule has 2 N–H and O–H groups in total. The van der Waals surface area contributed by atoms with E-state index in [-0.39, 0.29) is 0 Å². The van der Waals surface area contributed by atoms with E-state index in [0.717, 1.165) is 24.7 Å². The van der Waals surface area contributed by atoms with Crippen molar-refractivity contribution in [2.75, 3.05) is 5.08 Å². The number of rotatable bonds is 0. The van der Waals surface area contributed by atoms with Gasteiger partial charge in [0.05, 0.1) is 9.79 Å². The van der Waals surface area contributed by atoms with Crippen molar-refractivity contribution < 1.29 is 10.2 Å². The molecule has 1 atom stereocenters. The van der Waals surface area contributed by atoms with Gasteiger partial charge in [-0.25, -0.2) is 0 Å². The molecule has 2 nitrogen and oxygen atoms in total. The summed E-state index contributed by atoms with van der Waals surface area (Å²) >= 11 is 6.16. The Bertz CT molecular complexity index is 407. The highest BCUT2D eigenvalue weighted by Crippen LogP contribution is 2.58. The highest BCUT2D eigenvalue weighted by molar-refractivity contribution is 8.20. The van der Waals surface area contributed by atoms with Gasteiger partial charge in [0, 0.05) is 14.9 Å². The Labute approximate surface area is 98.2 Å². The van der Waals surface area contributed by atoms with E-state index in [1.54, 1.807) is 23.5 Å². The van der Waals surface area contributed by atoms with Gasteiger partial charge in [-0.15, -0.1) is 23.5 Å². The SMILES string of the molecule is Oc1c2c(cc3c1SC(O)S3)SCS2. The second-order valence-electron chi connectivity index (χ2n) is 2.83. The fraction of sp³-hybridized carbons (Fsp3) is 0.250. The molecule has 2 aliphatic rings. The Balaban J connectivity index is 2.19. The summed E-state index contributed by atoms with van der Waals surface area (Å²) in [5.74, 6) is 0.363. The zero-order valence-corrected chi connectivity index (χ0v) is 10.2. The third kappa shape index (κ3) is 1.36. The summed E-state index contributed by atoms with van der Waals surface area (Å²) < 4.78 is -0.464. The van der Waals surface area contributed by atoms with Gasteiger partial charge in [0.2, 0.25) is 0 Å². The smallest absolute Gasteiger partial charge is 0.155 e. The van der Waals surface area contributed by atoms with E-state index >= 15 is 0 Å². The van der Waals surface area contributed by atoms with Crippen molar-refractivity contribution >= 4 is 47.0 Å². The van der Waals surface area contributed by atoms with Crippen molar-refractivity contribution in [1.29, 1.82) is 0 Å². The molecule has 0 aliphatic carbocycles. The number of hydrogen-bond acceptors (Lipinski definition) is 6. The van der Waals surface area contributed by atoms with E-state index in [9.17, 15) is 10.2 Å². The van der Waals surface area contributed by atoms with Crippen LogP contribution in [0.2, 0.25) is 0 Å². The van der Waals surface area contributed by atoms with Crippen LogP contribution in [0.5, 0.6) is 5.75 Å². The first-order valence-corrected chi connectivity index (χ1v) is 7.65. The van der Waals surface area contributed by atoms with Crippen molar-refractivity contribution in [2.45, 2.75) is 24.3 Å². The minimum atomic E-state index is -0.464. The Morgan fingerprint density at radius 3 is 2.86 bits per heavy atom. The first-order valence-electron chi connectivity index (χ1n) is 3.92. The number of phenols is 1. The van der Waals surface area contributed by atoms with Crippen molar-refractivity contribution in [3.8, 4) is 5.75 Å². The predicted molar refractivity (Wildman–Crippen MR) is 62.4 cm³/mol. The summed E-state index contributed by atoms with van der Waals surface area (Å²) in [7, 11) is 0. The molecule has 3 rings (SSSR count). The molecule has 1 aromatic carbocycles. The lowest BCUT2D eigenvalue weighted by atomic mass is 10.3. The number of aliphatic hydroxyl groups is 1. The molecule has 0 spiro atoms. The lowest BCUT2D eigenvalue weighted by Gasteiger charge is -2.05. The zero-order valence-electron chi connectivity index (χ0n) is 6.89. The number of aliphatic hydroxyl groups excluding tert-OH is 1. The molecule has 0 saturated carbocycles. The maximum Gasteiger partial charge on any atom is 0.155 e. The van der Waals surface area contributed by atoms with Crippen molar-refractivity contribution in [3.05, 3.63) is 6.07 Å². The largest absolute Gasteiger partial charge is 0.506 e. The molecule has 0 amide bonds. The number of benzene rings is 1. The van der Waals surface area contributed by atoms with Crippen LogP contribution >= 0.6 is 47.0 Å². The molecular weight excluding hydrogens is 256 g/mol. The van der Waals surface area contributed by atoms with Gasteiger partial charge < -0.3 is 10.2 Å². The number of hydrogen-bond donors (Lipinski definition) is 2. The molecule has 0 bridgehead atoms. The van der Waals surface area contributed by atoms with Crippen LogP contribution in [0.1, 0.15) is 0 Å². The van der Waals surface area contributed by atoms with Gasteiger partial charge >= 0.3 is 0 Å². The molecule has 14 heavy (non-hydrogen) atoms. The van der Waals surface area contributed by atoms with Crippen molar-refractivity contribution in [1.82, 2.24) is 0 Å². The maximum atomic E-state index is 9.97. The maximum absolute atomic E-state index is 9.97. The first kappa shape index (κ1) is 9.59. The van der Waals surface area contributed by atoms with Crippen molar-refractivity contribution in [2.24, 2.45) is 0 Å². The standard InChI is InChI=1S/C8H6O2S4/c9-5-6-3(11-2-12-6)1-4-7(5)14-8(10)13-4/h1,8-10H,2H2. The summed E-state index contributed by atoms with van der Waals surface area (Å²) in [5.41, 5.74) is 0. The molecule has 1 unspecified atom stereocenters. The number of thioether (sulfide) groups is 4. The topological polar surface area (TPSA) is 40.5 Å². The average molecular weight is 262 g/mol. The van der Waals surface area contributed by atoms with E-state index in [4.69, 9.17) is 0 Å². The van der Waals surface area contributed by atoms with Gasteiger partial charge in [-0.05, 0) is 6.07 Å². The molecule has 6 heteroatoms. The van der Waals surface area contributed by atoms with Crippen LogP contribution in [0.4, 0.5) is 0 Å². The van der Waals surface area contributed by atoms with E-state index in [2.05, 4.69) is 6.07 Å². The summed E-state index contributed by atoms with van der Waals surface area (Å²) in [6, 6.07) is 2.07. The monoisotopic (exact) mass is 262 g/mol. The van der Waals surface area contributed by atoms with Crippen LogP contribution < -0.4 is 0 Å². The second kappa shape index (κ2) is 3.45. The van der Waals surface area contributed by atoms with E-state index < -0.39 is 4.77 Å². The van der Waals surface area contributed by atoms with Gasteiger partial charge in [-0.2, -0.15) is 0 Å². The fourth-order valence-corrected chi connectivity index (χ4v) is 6.27. The number of phenolic OH excluding ortho intramolecular Hbond substituents is 1. The van der Waals surface area contributed by atoms with Gasteiger partial charge in [-0.3, -0.25) is 0 Å². The van der Waals surface area contributed by atoms with E-state index in [1.807, 2.05) is 0 Å². The lowest BCUT2D eigenvalue weighted by molar-refractivity contribution is 0.346. The Morgan fingerprint density at radius 2 is 2.00 bits per heavy atom. The minimum absolute atomic E-state index is 0.363. The van der Waals surface area contributed by atoms with Crippen LogP contribution in [0.15, 0.2) is 25.6 Å². The second-order valence-corrected chi connectivity index (χ2v) is 7.71. The van der Waals surface area contributed by atoms with Crippen LogP contribution in [-0.4, -0.2) is 20.1 Å². The third-order valence-corrected chi connectivity index (χ3v) is 6.75. The molecule has 2 aliphatic heterocycles. The number of aromatic hydroxyl groups is 1. The molecule has 0 radical (unpaired) electrons. The number of fused-ring (bicyclic) bond motifs is 2. The molecule has 0 aromatic heterocycles. The average Bonchev–Trinajstić information content (AvgIpc) is 2.71. The van der Waals surface area contributed by atoms with Crippen molar-refractivity contribution in [3.63, 3.8) is 0 Å². The van der Waals surface area contributed by atoms with Gasteiger partial charge in [0.15, 0.2) is 4.77 Å². The fourth-order valence-electron chi connectivity index (χ4n) is 1.42. The molecule has 74 valence electrons. The summed E-state index contributed by atoms with van der Waals surface area (Å²) in [5, 5.41) is 20.4. The van der Waals surface area contributed by atoms with E-state index in [0.29, 0.717) is 5.75 Å².